The van der Waals surface area contributed by atoms with Gasteiger partial charge in [0.05, 0.1) is 5.52 Å². The number of fused-ring (bicyclic) bond motifs is 1. The van der Waals surface area contributed by atoms with Crippen LogP contribution in [0.15, 0.2) is 54.6 Å². The molecule has 0 fully saturated rings. The Morgan fingerprint density at radius 2 is 1.67 bits per heavy atom. The highest BCUT2D eigenvalue weighted by molar-refractivity contribution is 5.79. The minimum Gasteiger partial charge on any atom is -0.381 e. The quantitative estimate of drug-likeness (QED) is 0.746. The Labute approximate surface area is 125 Å². The Morgan fingerprint density at radius 3 is 2.43 bits per heavy atom. The van der Waals surface area contributed by atoms with Crippen LogP contribution in [0.25, 0.3) is 10.9 Å². The fourth-order valence-electron chi connectivity index (χ4n) is 2.45. The summed E-state index contributed by atoms with van der Waals surface area (Å²) in [7, 11) is 0. The van der Waals surface area contributed by atoms with Crippen LogP contribution in [0, 0.1) is 6.92 Å². The molecule has 3 aromatic rings. The highest BCUT2D eigenvalue weighted by Gasteiger charge is 1.99. The second-order valence-electron chi connectivity index (χ2n) is 5.38. The molecule has 2 nitrogen and oxygen atoms in total. The average Bonchev–Trinajstić information content (AvgIpc) is 2.53. The van der Waals surface area contributed by atoms with E-state index in [-0.39, 0.29) is 0 Å². The van der Waals surface area contributed by atoms with Crippen molar-refractivity contribution >= 4 is 16.6 Å². The second-order valence-corrected chi connectivity index (χ2v) is 5.38. The first-order chi connectivity index (χ1) is 10.2. The summed E-state index contributed by atoms with van der Waals surface area (Å²) in [6.07, 6.45) is 1.08. The number of nitrogens with zero attached hydrogens (tertiary/aromatic N) is 1. The number of aromatic nitrogens is 1. The van der Waals surface area contributed by atoms with Crippen molar-refractivity contribution in [2.75, 3.05) is 5.32 Å². The van der Waals surface area contributed by atoms with Gasteiger partial charge in [-0.15, -0.1) is 0 Å². The SMILES string of the molecule is CCc1ccc(NCc2ccc3nc(C)ccc3c2)cc1. The first-order valence-corrected chi connectivity index (χ1v) is 7.44. The number of nitrogens with one attached hydrogen (secondary N) is 1. The molecule has 106 valence electrons. The molecule has 0 bridgehead atoms. The molecule has 0 atom stereocenters. The number of aryl methyl sites for hydroxylation is 2. The normalized spacial score (nSPS) is 10.8. The van der Waals surface area contributed by atoms with Gasteiger partial charge in [0, 0.05) is 23.3 Å². The predicted molar refractivity (Wildman–Crippen MR) is 89.6 cm³/mol. The molecule has 2 aromatic carbocycles. The number of rotatable bonds is 4. The molecule has 0 saturated heterocycles. The lowest BCUT2D eigenvalue weighted by molar-refractivity contribution is 1.12. The van der Waals surface area contributed by atoms with Crippen molar-refractivity contribution in [1.82, 2.24) is 4.98 Å². The van der Waals surface area contributed by atoms with Crippen molar-refractivity contribution < 1.29 is 0 Å². The van der Waals surface area contributed by atoms with Crippen molar-refractivity contribution in [3.8, 4) is 0 Å². The van der Waals surface area contributed by atoms with Gasteiger partial charge in [0.25, 0.3) is 0 Å². The molecule has 1 heterocycles. The maximum Gasteiger partial charge on any atom is 0.0705 e. The van der Waals surface area contributed by atoms with Crippen LogP contribution in [0.3, 0.4) is 0 Å². The number of hydrogen-bond donors (Lipinski definition) is 1. The standard InChI is InChI=1S/C19H20N2/c1-3-15-5-9-18(10-6-15)20-13-16-7-11-19-17(12-16)8-4-14(2)21-19/h4-12,20H,3,13H2,1-2H3. The molecule has 3 rings (SSSR count). The third-order valence-electron chi connectivity index (χ3n) is 3.75. The third-order valence-corrected chi connectivity index (χ3v) is 3.75. The zero-order valence-corrected chi connectivity index (χ0v) is 12.6. The van der Waals surface area contributed by atoms with Gasteiger partial charge >= 0.3 is 0 Å². The van der Waals surface area contributed by atoms with E-state index in [2.05, 4.69) is 71.8 Å². The van der Waals surface area contributed by atoms with Gasteiger partial charge in [0.15, 0.2) is 0 Å². The fourth-order valence-corrected chi connectivity index (χ4v) is 2.45. The van der Waals surface area contributed by atoms with Gasteiger partial charge in [0.1, 0.15) is 0 Å². The third kappa shape index (κ3) is 3.22. The van der Waals surface area contributed by atoms with E-state index in [1.54, 1.807) is 0 Å². The van der Waals surface area contributed by atoms with Crippen molar-refractivity contribution in [3.63, 3.8) is 0 Å². The molecule has 0 radical (unpaired) electrons. The molecule has 0 saturated carbocycles. The van der Waals surface area contributed by atoms with Crippen LogP contribution >= 0.6 is 0 Å². The number of hydrogen-bond acceptors (Lipinski definition) is 2. The molecule has 0 aliphatic carbocycles. The topological polar surface area (TPSA) is 24.9 Å². The van der Waals surface area contributed by atoms with Crippen LogP contribution < -0.4 is 5.32 Å². The Bertz CT molecular complexity index is 745. The monoisotopic (exact) mass is 276 g/mol. The second kappa shape index (κ2) is 5.96. The van der Waals surface area contributed by atoms with E-state index in [0.29, 0.717) is 0 Å². The molecular formula is C19H20N2. The summed E-state index contributed by atoms with van der Waals surface area (Å²) in [6, 6.07) is 19.3. The number of pyridine rings is 1. The average molecular weight is 276 g/mol. The van der Waals surface area contributed by atoms with Crippen molar-refractivity contribution in [2.24, 2.45) is 0 Å². The van der Waals surface area contributed by atoms with Crippen molar-refractivity contribution in [1.29, 1.82) is 0 Å². The van der Waals surface area contributed by atoms with Crippen LogP contribution in [0.5, 0.6) is 0 Å². The Balaban J connectivity index is 1.73. The summed E-state index contributed by atoms with van der Waals surface area (Å²) in [5.74, 6) is 0. The van der Waals surface area contributed by atoms with Crippen LogP contribution in [0.2, 0.25) is 0 Å². The molecule has 0 spiro atoms. The Hall–Kier alpha value is -2.35. The minimum absolute atomic E-state index is 0.829. The highest BCUT2D eigenvalue weighted by Crippen LogP contribution is 2.16. The zero-order valence-electron chi connectivity index (χ0n) is 12.6. The molecule has 1 aromatic heterocycles. The first-order valence-electron chi connectivity index (χ1n) is 7.44. The van der Waals surface area contributed by atoms with Crippen LogP contribution in [-0.2, 0) is 13.0 Å². The minimum atomic E-state index is 0.829. The fraction of sp³-hybridized carbons (Fsp3) is 0.211. The molecule has 0 aliphatic heterocycles. The molecule has 0 amide bonds. The summed E-state index contributed by atoms with van der Waals surface area (Å²) in [5.41, 5.74) is 5.92. The molecule has 21 heavy (non-hydrogen) atoms. The van der Waals surface area contributed by atoms with Crippen molar-refractivity contribution in [2.45, 2.75) is 26.8 Å². The van der Waals surface area contributed by atoms with Gasteiger partial charge in [-0.1, -0.05) is 31.2 Å². The predicted octanol–water partition coefficient (Wildman–Crippen LogP) is 4.72. The smallest absolute Gasteiger partial charge is 0.0705 e. The molecule has 0 unspecified atom stereocenters. The Morgan fingerprint density at radius 1 is 0.905 bits per heavy atom. The molecular weight excluding hydrogens is 256 g/mol. The van der Waals surface area contributed by atoms with Gasteiger partial charge in [0.2, 0.25) is 0 Å². The summed E-state index contributed by atoms with van der Waals surface area (Å²) in [6.45, 7) is 5.03. The van der Waals surface area contributed by atoms with E-state index in [1.807, 2.05) is 6.92 Å². The van der Waals surface area contributed by atoms with E-state index < -0.39 is 0 Å². The highest BCUT2D eigenvalue weighted by atomic mass is 14.9. The largest absolute Gasteiger partial charge is 0.381 e. The summed E-state index contributed by atoms with van der Waals surface area (Å²) in [4.78, 5) is 4.53. The zero-order chi connectivity index (χ0) is 14.7. The summed E-state index contributed by atoms with van der Waals surface area (Å²) < 4.78 is 0. The first kappa shape index (κ1) is 13.6. The maximum atomic E-state index is 4.53. The van der Waals surface area contributed by atoms with Gasteiger partial charge in [-0.2, -0.15) is 0 Å². The van der Waals surface area contributed by atoms with E-state index in [0.717, 1.165) is 29.9 Å². The lowest BCUT2D eigenvalue weighted by atomic mass is 10.1. The van der Waals surface area contributed by atoms with Gasteiger partial charge in [-0.05, 0) is 54.8 Å². The summed E-state index contributed by atoms with van der Waals surface area (Å²) >= 11 is 0. The van der Waals surface area contributed by atoms with E-state index in [4.69, 9.17) is 0 Å². The summed E-state index contributed by atoms with van der Waals surface area (Å²) in [5, 5.41) is 4.66. The Kier molecular flexibility index (Phi) is 3.87. The lowest BCUT2D eigenvalue weighted by Gasteiger charge is -2.08. The van der Waals surface area contributed by atoms with E-state index in [9.17, 15) is 0 Å². The number of benzene rings is 2. The van der Waals surface area contributed by atoms with Gasteiger partial charge in [-0.3, -0.25) is 4.98 Å². The van der Waals surface area contributed by atoms with Crippen LogP contribution in [0.1, 0.15) is 23.7 Å². The lowest BCUT2D eigenvalue weighted by Crippen LogP contribution is -1.99. The van der Waals surface area contributed by atoms with Crippen LogP contribution in [0.4, 0.5) is 5.69 Å². The molecule has 0 aliphatic rings. The van der Waals surface area contributed by atoms with E-state index in [1.165, 1.54) is 16.5 Å². The molecule has 2 heteroatoms. The van der Waals surface area contributed by atoms with Gasteiger partial charge in [-0.25, -0.2) is 0 Å². The maximum absolute atomic E-state index is 4.53. The molecule has 1 N–H and O–H groups in total. The number of anilines is 1. The van der Waals surface area contributed by atoms with Crippen LogP contribution in [-0.4, -0.2) is 4.98 Å². The van der Waals surface area contributed by atoms with Gasteiger partial charge < -0.3 is 5.32 Å². The van der Waals surface area contributed by atoms with Crippen molar-refractivity contribution in [3.05, 3.63) is 71.4 Å². The van der Waals surface area contributed by atoms with E-state index >= 15 is 0 Å².